The Morgan fingerprint density at radius 3 is 2.67 bits per heavy atom. The van der Waals surface area contributed by atoms with E-state index in [0.29, 0.717) is 16.7 Å². The van der Waals surface area contributed by atoms with E-state index in [2.05, 4.69) is 0 Å². The summed E-state index contributed by atoms with van der Waals surface area (Å²) in [5, 5.41) is 20.5. The van der Waals surface area contributed by atoms with Crippen LogP contribution in [-0.2, 0) is 11.2 Å². The van der Waals surface area contributed by atoms with Crippen molar-refractivity contribution in [3.8, 4) is 17.2 Å². The Balaban J connectivity index is 2.45. The molecular weight excluding hydrogens is 305 g/mol. The molecule has 0 fully saturated rings. The maximum atomic E-state index is 13.5. The summed E-state index contributed by atoms with van der Waals surface area (Å²) in [7, 11) is 0. The normalized spacial score (nSPS) is 10.5. The van der Waals surface area contributed by atoms with Crippen molar-refractivity contribution in [1.29, 1.82) is 5.26 Å². The Labute approximate surface area is 138 Å². The van der Waals surface area contributed by atoms with Crippen molar-refractivity contribution in [2.75, 3.05) is 0 Å². The van der Waals surface area contributed by atoms with E-state index in [1.807, 2.05) is 43.3 Å². The molecular formula is C20H14FNO2. The van der Waals surface area contributed by atoms with Crippen molar-refractivity contribution in [2.24, 2.45) is 0 Å². The predicted octanol–water partition coefficient (Wildman–Crippen LogP) is 4.45. The Bertz CT molecular complexity index is 1000. The molecule has 0 aliphatic heterocycles. The topological polar surface area (TPSA) is 61.1 Å². The Morgan fingerprint density at radius 2 is 1.96 bits per heavy atom. The molecule has 0 spiro atoms. The third-order valence-corrected chi connectivity index (χ3v) is 4.08. The van der Waals surface area contributed by atoms with Crippen molar-refractivity contribution in [1.82, 2.24) is 0 Å². The smallest absolute Gasteiger partial charge is 0.307 e. The molecule has 0 aliphatic carbocycles. The molecule has 0 aliphatic rings. The lowest BCUT2D eigenvalue weighted by molar-refractivity contribution is -0.136. The zero-order valence-corrected chi connectivity index (χ0v) is 13.0. The van der Waals surface area contributed by atoms with Crippen molar-refractivity contribution < 1.29 is 14.3 Å². The minimum absolute atomic E-state index is 0.158. The molecule has 24 heavy (non-hydrogen) atoms. The number of nitriles is 1. The minimum atomic E-state index is -0.949. The lowest BCUT2D eigenvalue weighted by Gasteiger charge is -2.16. The van der Waals surface area contributed by atoms with Crippen LogP contribution in [0.1, 0.15) is 16.7 Å². The standard InChI is InChI=1S/C20H14FNO2/c1-12-8-13-4-2-3-5-16(13)20(18(12)10-19(23)24)17-7-6-15(21)9-14(17)11-22/h2-9H,10H2,1H3,(H,23,24). The van der Waals surface area contributed by atoms with E-state index in [4.69, 9.17) is 0 Å². The first-order valence-electron chi connectivity index (χ1n) is 7.44. The highest BCUT2D eigenvalue weighted by Gasteiger charge is 2.18. The second-order valence-corrected chi connectivity index (χ2v) is 5.64. The lowest BCUT2D eigenvalue weighted by Crippen LogP contribution is -2.05. The van der Waals surface area contributed by atoms with Crippen LogP contribution in [0.25, 0.3) is 21.9 Å². The molecule has 0 atom stereocenters. The molecule has 0 unspecified atom stereocenters. The molecule has 0 amide bonds. The van der Waals surface area contributed by atoms with Crippen molar-refractivity contribution in [2.45, 2.75) is 13.3 Å². The van der Waals surface area contributed by atoms with E-state index in [9.17, 15) is 19.6 Å². The van der Waals surface area contributed by atoms with Gasteiger partial charge in [-0.1, -0.05) is 36.4 Å². The number of hydrogen-bond acceptors (Lipinski definition) is 2. The maximum Gasteiger partial charge on any atom is 0.307 e. The van der Waals surface area contributed by atoms with Crippen LogP contribution in [0.4, 0.5) is 4.39 Å². The summed E-state index contributed by atoms with van der Waals surface area (Å²) in [5.74, 6) is -1.44. The molecule has 3 nitrogen and oxygen atoms in total. The van der Waals surface area contributed by atoms with Gasteiger partial charge in [-0.2, -0.15) is 5.26 Å². The fourth-order valence-corrected chi connectivity index (χ4v) is 3.04. The van der Waals surface area contributed by atoms with Crippen LogP contribution >= 0.6 is 0 Å². The van der Waals surface area contributed by atoms with E-state index < -0.39 is 11.8 Å². The third-order valence-electron chi connectivity index (χ3n) is 4.08. The summed E-state index contributed by atoms with van der Waals surface area (Å²) in [4.78, 5) is 11.3. The Morgan fingerprint density at radius 1 is 1.21 bits per heavy atom. The average molecular weight is 319 g/mol. The second kappa shape index (κ2) is 6.13. The molecule has 0 heterocycles. The highest BCUT2D eigenvalue weighted by atomic mass is 19.1. The first-order valence-corrected chi connectivity index (χ1v) is 7.44. The zero-order chi connectivity index (χ0) is 17.3. The number of rotatable bonds is 3. The molecule has 3 rings (SSSR count). The zero-order valence-electron chi connectivity index (χ0n) is 13.0. The summed E-state index contributed by atoms with van der Waals surface area (Å²) in [5.41, 5.74) is 2.90. The van der Waals surface area contributed by atoms with Crippen molar-refractivity contribution in [3.05, 3.63) is 71.0 Å². The fourth-order valence-electron chi connectivity index (χ4n) is 3.04. The third kappa shape index (κ3) is 2.72. The van der Waals surface area contributed by atoms with E-state index >= 15 is 0 Å². The SMILES string of the molecule is Cc1cc2ccccc2c(-c2ccc(F)cc2C#N)c1CC(=O)O. The van der Waals surface area contributed by atoms with Gasteiger partial charge in [0.05, 0.1) is 18.1 Å². The maximum absolute atomic E-state index is 13.5. The van der Waals surface area contributed by atoms with Crippen LogP contribution in [-0.4, -0.2) is 11.1 Å². The van der Waals surface area contributed by atoms with Gasteiger partial charge >= 0.3 is 5.97 Å². The Kier molecular flexibility index (Phi) is 4.01. The van der Waals surface area contributed by atoms with Crippen LogP contribution in [0, 0.1) is 24.1 Å². The predicted molar refractivity (Wildman–Crippen MR) is 90.1 cm³/mol. The van der Waals surface area contributed by atoms with Gasteiger partial charge in [-0.05, 0) is 46.5 Å². The number of halogens is 1. The second-order valence-electron chi connectivity index (χ2n) is 5.64. The van der Waals surface area contributed by atoms with Gasteiger partial charge in [0, 0.05) is 5.56 Å². The van der Waals surface area contributed by atoms with E-state index in [0.717, 1.165) is 16.3 Å². The van der Waals surface area contributed by atoms with Crippen molar-refractivity contribution in [3.63, 3.8) is 0 Å². The number of aryl methyl sites for hydroxylation is 1. The number of carbonyl (C=O) groups is 1. The number of carboxylic acid groups (broad SMARTS) is 1. The van der Waals surface area contributed by atoms with Gasteiger partial charge in [0.2, 0.25) is 0 Å². The number of fused-ring (bicyclic) bond motifs is 1. The molecule has 1 N–H and O–H groups in total. The summed E-state index contributed by atoms with van der Waals surface area (Å²) in [6.45, 7) is 1.85. The molecule has 3 aromatic rings. The highest BCUT2D eigenvalue weighted by Crippen LogP contribution is 2.36. The van der Waals surface area contributed by atoms with Gasteiger partial charge in [0.1, 0.15) is 5.82 Å². The minimum Gasteiger partial charge on any atom is -0.481 e. The molecule has 0 bridgehead atoms. The van der Waals surface area contributed by atoms with Crippen LogP contribution in [0.5, 0.6) is 0 Å². The first kappa shape index (κ1) is 15.7. The quantitative estimate of drug-likeness (QED) is 0.775. The average Bonchev–Trinajstić information content (AvgIpc) is 2.55. The van der Waals surface area contributed by atoms with Crippen LogP contribution < -0.4 is 0 Å². The number of hydrogen-bond donors (Lipinski definition) is 1. The van der Waals surface area contributed by atoms with Crippen molar-refractivity contribution >= 4 is 16.7 Å². The van der Waals surface area contributed by atoms with Gasteiger partial charge in [-0.3, -0.25) is 4.79 Å². The van der Waals surface area contributed by atoms with Crippen LogP contribution in [0.3, 0.4) is 0 Å². The summed E-state index contributed by atoms with van der Waals surface area (Å²) < 4.78 is 13.5. The molecule has 0 radical (unpaired) electrons. The van der Waals surface area contributed by atoms with Gasteiger partial charge in [0.25, 0.3) is 0 Å². The highest BCUT2D eigenvalue weighted by molar-refractivity contribution is 6.01. The molecule has 0 aromatic heterocycles. The van der Waals surface area contributed by atoms with Gasteiger partial charge in [-0.25, -0.2) is 4.39 Å². The number of aliphatic carboxylic acids is 1. The van der Waals surface area contributed by atoms with Crippen LogP contribution in [0.2, 0.25) is 0 Å². The molecule has 4 heteroatoms. The largest absolute Gasteiger partial charge is 0.481 e. The fraction of sp³-hybridized carbons (Fsp3) is 0.100. The number of benzene rings is 3. The molecule has 0 saturated carbocycles. The molecule has 118 valence electrons. The lowest BCUT2D eigenvalue weighted by atomic mass is 9.87. The van der Waals surface area contributed by atoms with E-state index in [1.54, 1.807) is 6.07 Å². The number of carboxylic acids is 1. The monoisotopic (exact) mass is 319 g/mol. The molecule has 3 aromatic carbocycles. The Hall–Kier alpha value is -3.19. The van der Waals surface area contributed by atoms with E-state index in [-0.39, 0.29) is 12.0 Å². The van der Waals surface area contributed by atoms with Gasteiger partial charge in [0.15, 0.2) is 0 Å². The van der Waals surface area contributed by atoms with Gasteiger partial charge in [-0.15, -0.1) is 0 Å². The van der Waals surface area contributed by atoms with E-state index in [1.165, 1.54) is 12.1 Å². The summed E-state index contributed by atoms with van der Waals surface area (Å²) in [6.07, 6.45) is -0.158. The summed E-state index contributed by atoms with van der Waals surface area (Å²) in [6, 6.07) is 15.5. The molecule has 0 saturated heterocycles. The first-order chi connectivity index (χ1) is 11.5. The van der Waals surface area contributed by atoms with Crippen LogP contribution in [0.15, 0.2) is 48.5 Å². The van der Waals surface area contributed by atoms with Gasteiger partial charge < -0.3 is 5.11 Å². The summed E-state index contributed by atoms with van der Waals surface area (Å²) >= 11 is 0. The number of nitrogens with zero attached hydrogens (tertiary/aromatic N) is 1.